The summed E-state index contributed by atoms with van der Waals surface area (Å²) in [6.45, 7) is 16.1. The van der Waals surface area contributed by atoms with Crippen LogP contribution in [0.1, 0.15) is 153 Å². The highest BCUT2D eigenvalue weighted by atomic mass is 16.6. The van der Waals surface area contributed by atoms with Crippen molar-refractivity contribution in [3.05, 3.63) is 149 Å². The molecule has 0 saturated heterocycles. The summed E-state index contributed by atoms with van der Waals surface area (Å²) in [5.41, 5.74) is 5.45. The molecule has 0 unspecified atom stereocenters. The minimum atomic E-state index is -0.535. The zero-order chi connectivity index (χ0) is 52.7. The number of rotatable bonds is 31. The Labute approximate surface area is 440 Å². The standard InChI is InChI=1S/C45H55N7O4.C13H24O4.CH4/c1-45(2,3)56-44(55)50-26-10-4-5-19-42(53)21-20-35-27-36(29-51(31-38-15-6-11-22-46-38)32-39-16-7-12-23-47-39)43(54)37(28-35)30-52(33-40-17-8-13-24-48-40)34-41-18-9-14-25-49-41;1-13(2,3)17-10-12(15)8-6-4-5-7-9-16-11-14;/h6-9,11-18,22-25,27-28,54H,4-5,10,19-21,26,29-34H2,1-3H3,(H,50,55);11H,4-10H2,1-3H3;1H4. The van der Waals surface area contributed by atoms with E-state index in [1.165, 1.54) is 0 Å². The van der Waals surface area contributed by atoms with Crippen LogP contribution in [0.3, 0.4) is 0 Å². The molecule has 5 aromatic rings. The highest BCUT2D eigenvalue weighted by Crippen LogP contribution is 2.30. The number of hydrogen-bond acceptors (Lipinski definition) is 14. The largest absolute Gasteiger partial charge is 0.507 e. The number of ether oxygens (including phenoxy) is 3. The molecule has 0 aliphatic heterocycles. The van der Waals surface area contributed by atoms with Gasteiger partial charge in [-0.25, -0.2) is 4.79 Å². The van der Waals surface area contributed by atoms with Gasteiger partial charge in [-0.1, -0.05) is 63.1 Å². The van der Waals surface area contributed by atoms with Crippen LogP contribution in [0.5, 0.6) is 5.75 Å². The average molecular weight is 1020 g/mol. The van der Waals surface area contributed by atoms with Crippen molar-refractivity contribution in [3.63, 3.8) is 0 Å². The molecule has 15 nitrogen and oxygen atoms in total. The number of benzene rings is 1. The van der Waals surface area contributed by atoms with Crippen LogP contribution in [0.25, 0.3) is 0 Å². The number of aromatic hydroxyl groups is 1. The van der Waals surface area contributed by atoms with Gasteiger partial charge in [0.1, 0.15) is 23.7 Å². The molecular weight excluding hydrogens is 935 g/mol. The maximum atomic E-state index is 13.1. The minimum Gasteiger partial charge on any atom is -0.507 e. The monoisotopic (exact) mass is 1020 g/mol. The molecule has 4 heterocycles. The summed E-state index contributed by atoms with van der Waals surface area (Å²) in [6.07, 6.45) is 14.8. The molecule has 5 rings (SSSR count). The van der Waals surface area contributed by atoms with E-state index in [0.29, 0.717) is 84.6 Å². The van der Waals surface area contributed by atoms with E-state index in [1.54, 1.807) is 24.8 Å². The zero-order valence-electron chi connectivity index (χ0n) is 44.1. The number of Topliss-reactive ketones (excluding diaryl/α,β-unsaturated/α-hetero) is 2. The van der Waals surface area contributed by atoms with Gasteiger partial charge in [0.25, 0.3) is 6.47 Å². The third kappa shape index (κ3) is 27.6. The Morgan fingerprint density at radius 2 is 1.03 bits per heavy atom. The van der Waals surface area contributed by atoms with Crippen LogP contribution in [0, 0.1) is 0 Å². The molecule has 402 valence electrons. The number of aromatic nitrogens is 4. The summed E-state index contributed by atoms with van der Waals surface area (Å²) in [7, 11) is 0. The van der Waals surface area contributed by atoms with E-state index < -0.39 is 11.7 Å². The normalized spacial score (nSPS) is 11.3. The first-order chi connectivity index (χ1) is 35.0. The number of carbonyl (C=O) groups is 4. The molecule has 0 atom stereocenters. The van der Waals surface area contributed by atoms with Gasteiger partial charge in [-0.15, -0.1) is 0 Å². The second-order valence-corrected chi connectivity index (χ2v) is 20.2. The molecule has 0 spiro atoms. The lowest BCUT2D eigenvalue weighted by Crippen LogP contribution is -2.32. The number of nitrogens with zero attached hydrogens (tertiary/aromatic N) is 6. The maximum Gasteiger partial charge on any atom is 0.407 e. The summed E-state index contributed by atoms with van der Waals surface area (Å²) in [5.74, 6) is 0.586. The average Bonchev–Trinajstić information content (AvgIpc) is 3.35. The number of phenols is 1. The number of phenolic OH excluding ortho intramolecular Hbond substituents is 1. The third-order valence-corrected chi connectivity index (χ3v) is 11.3. The predicted octanol–water partition coefficient (Wildman–Crippen LogP) is 11.1. The topological polar surface area (TPSA) is 186 Å². The van der Waals surface area contributed by atoms with Crippen LogP contribution >= 0.6 is 0 Å². The van der Waals surface area contributed by atoms with Gasteiger partial charge in [0.2, 0.25) is 0 Å². The Balaban J connectivity index is 0.000000687. The lowest BCUT2D eigenvalue weighted by atomic mass is 9.97. The molecule has 15 heteroatoms. The maximum absolute atomic E-state index is 13.1. The van der Waals surface area contributed by atoms with Gasteiger partial charge < -0.3 is 24.6 Å². The molecule has 1 amide bonds. The van der Waals surface area contributed by atoms with Gasteiger partial charge in [-0.05, 0) is 128 Å². The molecule has 0 radical (unpaired) electrons. The molecule has 4 aromatic heterocycles. The van der Waals surface area contributed by atoms with E-state index in [-0.39, 0.29) is 37.0 Å². The van der Waals surface area contributed by atoms with Crippen molar-refractivity contribution in [3.8, 4) is 5.75 Å². The Morgan fingerprint density at radius 1 is 0.581 bits per heavy atom. The number of aryl methyl sites for hydroxylation is 1. The van der Waals surface area contributed by atoms with Crippen molar-refractivity contribution in [1.82, 2.24) is 35.1 Å². The van der Waals surface area contributed by atoms with E-state index in [9.17, 15) is 24.3 Å². The first-order valence-corrected chi connectivity index (χ1v) is 25.6. The molecule has 2 N–H and O–H groups in total. The SMILES string of the molecule is C.CC(C)(C)OC(=O)NCCCCCC(=O)CCc1cc(CN(Cc2ccccn2)Cc2ccccn2)c(O)c(CN(Cc2ccccn2)Cc2ccccn2)c1.CC(C)(C)OCC(=O)CCCCCCOC=O. The first-order valence-electron chi connectivity index (χ1n) is 25.6. The van der Waals surface area contributed by atoms with E-state index in [4.69, 9.17) is 9.47 Å². The van der Waals surface area contributed by atoms with E-state index in [0.717, 1.165) is 84.4 Å². The van der Waals surface area contributed by atoms with Crippen molar-refractivity contribution < 1.29 is 38.5 Å². The summed E-state index contributed by atoms with van der Waals surface area (Å²) in [5, 5.41) is 14.8. The van der Waals surface area contributed by atoms with Crippen LogP contribution in [-0.4, -0.2) is 89.9 Å². The van der Waals surface area contributed by atoms with Crippen LogP contribution in [-0.2, 0) is 74.3 Å². The molecule has 0 saturated carbocycles. The molecule has 74 heavy (non-hydrogen) atoms. The fraction of sp³-hybridized carbons (Fsp3) is 0.492. The quantitative estimate of drug-likeness (QED) is 0.0315. The fourth-order valence-electron chi connectivity index (χ4n) is 7.73. The number of nitrogens with one attached hydrogen (secondary N) is 1. The van der Waals surface area contributed by atoms with Crippen LogP contribution in [0.4, 0.5) is 4.79 Å². The number of pyridine rings is 4. The highest BCUT2D eigenvalue weighted by molar-refractivity contribution is 5.79. The summed E-state index contributed by atoms with van der Waals surface area (Å²) < 4.78 is 15.3. The van der Waals surface area contributed by atoms with Gasteiger partial charge in [0, 0.05) is 101 Å². The number of amides is 1. The Morgan fingerprint density at radius 3 is 1.45 bits per heavy atom. The van der Waals surface area contributed by atoms with Crippen LogP contribution in [0.2, 0.25) is 0 Å². The lowest BCUT2D eigenvalue weighted by molar-refractivity contribution is -0.129. The first kappa shape index (κ1) is 61.9. The van der Waals surface area contributed by atoms with Crippen molar-refractivity contribution in [1.29, 1.82) is 0 Å². The molecule has 0 aliphatic rings. The minimum absolute atomic E-state index is 0. The summed E-state index contributed by atoms with van der Waals surface area (Å²) in [4.78, 5) is 69.1. The Bertz CT molecular complexity index is 2150. The molecule has 1 aromatic carbocycles. The summed E-state index contributed by atoms with van der Waals surface area (Å²) in [6, 6.07) is 27.6. The molecule has 0 fully saturated rings. The molecule has 0 bridgehead atoms. The molecular formula is C59H83N7O8. The van der Waals surface area contributed by atoms with E-state index in [1.807, 2.05) is 126 Å². The number of hydrogen-bond donors (Lipinski definition) is 2. The summed E-state index contributed by atoms with van der Waals surface area (Å²) >= 11 is 0. The van der Waals surface area contributed by atoms with Crippen molar-refractivity contribution >= 4 is 24.1 Å². The van der Waals surface area contributed by atoms with Crippen molar-refractivity contribution in [2.75, 3.05) is 19.8 Å². The second kappa shape index (κ2) is 34.1. The number of ketones is 2. The van der Waals surface area contributed by atoms with Gasteiger partial charge >= 0.3 is 6.09 Å². The third-order valence-electron chi connectivity index (χ3n) is 11.3. The zero-order valence-corrected chi connectivity index (χ0v) is 44.1. The van der Waals surface area contributed by atoms with Crippen molar-refractivity contribution in [2.24, 2.45) is 0 Å². The predicted molar refractivity (Wildman–Crippen MR) is 290 cm³/mol. The van der Waals surface area contributed by atoms with Gasteiger partial charge in [0.15, 0.2) is 5.78 Å². The van der Waals surface area contributed by atoms with Gasteiger partial charge in [-0.2, -0.15) is 0 Å². The number of alkyl carbamates (subject to hydrolysis) is 1. The lowest BCUT2D eigenvalue weighted by Gasteiger charge is -2.26. The fourth-order valence-corrected chi connectivity index (χ4v) is 7.73. The number of carbonyl (C=O) groups excluding carboxylic acids is 4. The Hall–Kier alpha value is -6.42. The second-order valence-electron chi connectivity index (χ2n) is 20.2. The van der Waals surface area contributed by atoms with Crippen LogP contribution < -0.4 is 5.32 Å². The smallest absolute Gasteiger partial charge is 0.407 e. The van der Waals surface area contributed by atoms with Crippen molar-refractivity contribution in [2.45, 2.75) is 170 Å². The molecule has 0 aliphatic carbocycles. The highest BCUT2D eigenvalue weighted by Gasteiger charge is 2.20. The van der Waals surface area contributed by atoms with Gasteiger partial charge in [0.05, 0.1) is 35.0 Å². The van der Waals surface area contributed by atoms with Gasteiger partial charge in [-0.3, -0.25) is 44.1 Å². The van der Waals surface area contributed by atoms with E-state index in [2.05, 4.69) is 39.8 Å². The van der Waals surface area contributed by atoms with E-state index >= 15 is 0 Å². The number of unbranched alkanes of at least 4 members (excludes halogenated alkanes) is 5. The Kier molecular flexibility index (Phi) is 28.5. The van der Waals surface area contributed by atoms with Crippen LogP contribution in [0.15, 0.2) is 110 Å².